The number of aliphatic hydroxyl groups is 3. The Kier molecular flexibility index (Phi) is 40.1. The van der Waals surface area contributed by atoms with E-state index in [1.807, 2.05) is 6.08 Å². The van der Waals surface area contributed by atoms with Crippen molar-refractivity contribution in [1.82, 2.24) is 5.32 Å². The third-order valence-corrected chi connectivity index (χ3v) is 10.6. The fraction of sp³-hybridized carbons (Fsp3) is 0.933. The molecule has 0 spiro atoms. The average molecular weight is 708 g/mol. The Hall–Kier alpha value is -0.910. The molecule has 4 N–H and O–H groups in total. The van der Waals surface area contributed by atoms with Gasteiger partial charge in [0.15, 0.2) is 0 Å². The van der Waals surface area contributed by atoms with E-state index in [4.69, 9.17) is 0 Å². The van der Waals surface area contributed by atoms with Crippen molar-refractivity contribution in [3.63, 3.8) is 0 Å². The van der Waals surface area contributed by atoms with Gasteiger partial charge in [-0.15, -0.1) is 0 Å². The standard InChI is InChI=1S/C45H89NO4/c1-3-5-7-9-11-13-15-17-19-21-22-23-25-27-29-31-33-35-37-39-44(49)43(41-47)46-45(50)40-42(48)38-36-34-32-30-28-26-24-20-18-16-14-12-10-8-6-4-2/h37,39,42-44,47-49H,3-36,38,40-41H2,1-2H3,(H,46,50)/b39-37+. The lowest BCUT2D eigenvalue weighted by Gasteiger charge is -2.21. The van der Waals surface area contributed by atoms with Crippen LogP contribution in [0.3, 0.4) is 0 Å². The van der Waals surface area contributed by atoms with E-state index < -0.39 is 18.2 Å². The molecule has 5 nitrogen and oxygen atoms in total. The largest absolute Gasteiger partial charge is 0.394 e. The number of hydrogen-bond donors (Lipinski definition) is 4. The van der Waals surface area contributed by atoms with Crippen molar-refractivity contribution in [2.75, 3.05) is 6.61 Å². The van der Waals surface area contributed by atoms with Gasteiger partial charge in [0.05, 0.1) is 31.3 Å². The van der Waals surface area contributed by atoms with Crippen molar-refractivity contribution >= 4 is 5.91 Å². The van der Waals surface area contributed by atoms with E-state index in [1.165, 1.54) is 193 Å². The lowest BCUT2D eigenvalue weighted by molar-refractivity contribution is -0.124. The first-order valence-electron chi connectivity index (χ1n) is 22.5. The Morgan fingerprint density at radius 1 is 0.500 bits per heavy atom. The number of hydrogen-bond acceptors (Lipinski definition) is 4. The number of nitrogens with one attached hydrogen (secondary N) is 1. The minimum absolute atomic E-state index is 0.0188. The van der Waals surface area contributed by atoms with Gasteiger partial charge in [0.1, 0.15) is 0 Å². The van der Waals surface area contributed by atoms with Crippen LogP contribution in [0.1, 0.15) is 245 Å². The predicted octanol–water partition coefficient (Wildman–Crippen LogP) is 12.8. The Bertz CT molecular complexity index is 699. The average Bonchev–Trinajstić information content (AvgIpc) is 3.11. The third kappa shape index (κ3) is 36.9. The molecule has 0 rings (SSSR count). The number of unbranched alkanes of at least 4 members (excludes halogenated alkanes) is 32. The van der Waals surface area contributed by atoms with E-state index in [0.717, 1.165) is 25.7 Å². The van der Waals surface area contributed by atoms with Crippen molar-refractivity contribution in [2.24, 2.45) is 0 Å². The van der Waals surface area contributed by atoms with Gasteiger partial charge in [-0.25, -0.2) is 0 Å². The Labute approximate surface area is 312 Å². The van der Waals surface area contributed by atoms with Crippen LogP contribution in [0.4, 0.5) is 0 Å². The SMILES string of the molecule is CCCCCCCCCCCCCCCCCCC/C=C/C(O)C(CO)NC(=O)CC(O)CCCCCCCCCCCCCCCCCC. The summed E-state index contributed by atoms with van der Waals surface area (Å²) in [6.07, 6.45) is 47.8. The second-order valence-electron chi connectivity index (χ2n) is 15.7. The molecule has 0 radical (unpaired) electrons. The van der Waals surface area contributed by atoms with Crippen LogP contribution in [-0.2, 0) is 4.79 Å². The second-order valence-corrected chi connectivity index (χ2v) is 15.7. The number of carbonyl (C=O) groups is 1. The van der Waals surface area contributed by atoms with Gasteiger partial charge in [-0.05, 0) is 19.3 Å². The van der Waals surface area contributed by atoms with Crippen molar-refractivity contribution in [2.45, 2.75) is 263 Å². The normalized spacial score (nSPS) is 13.6. The molecular weight excluding hydrogens is 618 g/mol. The quantitative estimate of drug-likeness (QED) is 0.0376. The van der Waals surface area contributed by atoms with E-state index in [1.54, 1.807) is 6.08 Å². The molecule has 298 valence electrons. The molecule has 5 heteroatoms. The molecule has 50 heavy (non-hydrogen) atoms. The van der Waals surface area contributed by atoms with Crippen LogP contribution in [0.5, 0.6) is 0 Å². The van der Waals surface area contributed by atoms with Crippen LogP contribution in [-0.4, -0.2) is 46.1 Å². The summed E-state index contributed by atoms with van der Waals surface area (Å²) in [5.41, 5.74) is 0. The molecule has 0 aromatic heterocycles. The summed E-state index contributed by atoms with van der Waals surface area (Å²) < 4.78 is 0. The van der Waals surface area contributed by atoms with Gasteiger partial charge in [-0.3, -0.25) is 4.79 Å². The molecule has 0 saturated heterocycles. The molecule has 0 aromatic carbocycles. The number of aliphatic hydroxyl groups excluding tert-OH is 3. The number of allylic oxidation sites excluding steroid dienone is 1. The molecule has 3 atom stereocenters. The van der Waals surface area contributed by atoms with E-state index in [0.29, 0.717) is 6.42 Å². The minimum Gasteiger partial charge on any atom is -0.394 e. The topological polar surface area (TPSA) is 89.8 Å². The summed E-state index contributed by atoms with van der Waals surface area (Å²) in [5, 5.41) is 33.2. The maximum absolute atomic E-state index is 12.4. The summed E-state index contributed by atoms with van der Waals surface area (Å²) in [5.74, 6) is -0.311. The van der Waals surface area contributed by atoms with E-state index in [-0.39, 0.29) is 18.9 Å². The van der Waals surface area contributed by atoms with Gasteiger partial charge < -0.3 is 20.6 Å². The van der Waals surface area contributed by atoms with Gasteiger partial charge in [-0.2, -0.15) is 0 Å². The van der Waals surface area contributed by atoms with Gasteiger partial charge in [-0.1, -0.05) is 231 Å². The van der Waals surface area contributed by atoms with Gasteiger partial charge in [0.2, 0.25) is 5.91 Å². The fourth-order valence-electron chi connectivity index (χ4n) is 7.11. The first-order valence-corrected chi connectivity index (χ1v) is 22.5. The van der Waals surface area contributed by atoms with Crippen molar-refractivity contribution in [3.05, 3.63) is 12.2 Å². The highest BCUT2D eigenvalue weighted by molar-refractivity contribution is 5.76. The Morgan fingerprint density at radius 3 is 1.16 bits per heavy atom. The van der Waals surface area contributed by atoms with Crippen molar-refractivity contribution in [3.8, 4) is 0 Å². The monoisotopic (exact) mass is 708 g/mol. The number of amides is 1. The highest BCUT2D eigenvalue weighted by atomic mass is 16.3. The second kappa shape index (κ2) is 40.9. The summed E-state index contributed by atoms with van der Waals surface area (Å²) in [4.78, 5) is 12.4. The number of carbonyl (C=O) groups excluding carboxylic acids is 1. The highest BCUT2D eigenvalue weighted by Crippen LogP contribution is 2.16. The van der Waals surface area contributed by atoms with Gasteiger partial charge in [0, 0.05) is 0 Å². The van der Waals surface area contributed by atoms with Crippen LogP contribution in [0, 0.1) is 0 Å². The van der Waals surface area contributed by atoms with Crippen LogP contribution in [0.25, 0.3) is 0 Å². The molecule has 3 unspecified atom stereocenters. The summed E-state index contributed by atoms with van der Waals surface area (Å²) >= 11 is 0. The first kappa shape index (κ1) is 49.1. The Balaban J connectivity index is 3.63. The zero-order valence-electron chi connectivity index (χ0n) is 33.8. The summed E-state index contributed by atoms with van der Waals surface area (Å²) in [6.45, 7) is 4.23. The van der Waals surface area contributed by atoms with Gasteiger partial charge >= 0.3 is 0 Å². The van der Waals surface area contributed by atoms with Crippen molar-refractivity contribution in [1.29, 1.82) is 0 Å². The molecule has 0 heterocycles. The van der Waals surface area contributed by atoms with Crippen LogP contribution in [0.15, 0.2) is 12.2 Å². The number of rotatable bonds is 41. The fourth-order valence-corrected chi connectivity index (χ4v) is 7.11. The zero-order chi connectivity index (χ0) is 36.6. The molecule has 0 aliphatic heterocycles. The van der Waals surface area contributed by atoms with Crippen LogP contribution in [0.2, 0.25) is 0 Å². The Morgan fingerprint density at radius 2 is 0.820 bits per heavy atom. The van der Waals surface area contributed by atoms with Crippen molar-refractivity contribution < 1.29 is 20.1 Å². The van der Waals surface area contributed by atoms with E-state index in [9.17, 15) is 20.1 Å². The third-order valence-electron chi connectivity index (χ3n) is 10.6. The molecule has 0 saturated carbocycles. The predicted molar refractivity (Wildman–Crippen MR) is 218 cm³/mol. The minimum atomic E-state index is -0.924. The molecule has 0 aromatic rings. The summed E-state index contributed by atoms with van der Waals surface area (Å²) in [6, 6.07) is -0.739. The van der Waals surface area contributed by atoms with Crippen LogP contribution < -0.4 is 5.32 Å². The zero-order valence-corrected chi connectivity index (χ0v) is 33.8. The lowest BCUT2D eigenvalue weighted by atomic mass is 10.0. The molecule has 0 bridgehead atoms. The maximum Gasteiger partial charge on any atom is 0.222 e. The molecule has 0 aliphatic rings. The first-order chi connectivity index (χ1) is 24.5. The summed E-state index contributed by atoms with van der Waals surface area (Å²) in [7, 11) is 0. The van der Waals surface area contributed by atoms with E-state index >= 15 is 0 Å². The van der Waals surface area contributed by atoms with E-state index in [2.05, 4.69) is 19.2 Å². The molecule has 0 aliphatic carbocycles. The molecule has 1 amide bonds. The molecular formula is C45H89NO4. The van der Waals surface area contributed by atoms with Gasteiger partial charge in [0.25, 0.3) is 0 Å². The smallest absolute Gasteiger partial charge is 0.222 e. The lowest BCUT2D eigenvalue weighted by Crippen LogP contribution is -2.45. The highest BCUT2D eigenvalue weighted by Gasteiger charge is 2.20. The molecule has 0 fully saturated rings. The van der Waals surface area contributed by atoms with Crippen LogP contribution >= 0.6 is 0 Å². The maximum atomic E-state index is 12.4.